The first-order valence-electron chi connectivity index (χ1n) is 6.29. The number of rotatable bonds is 6. The van der Waals surface area contributed by atoms with Crippen molar-refractivity contribution in [3.8, 4) is 0 Å². The molecule has 0 spiro atoms. The third kappa shape index (κ3) is 4.10. The molecular formula is C12H25N3O. The lowest BCUT2D eigenvalue weighted by Gasteiger charge is -2.30. The summed E-state index contributed by atoms with van der Waals surface area (Å²) in [7, 11) is 4.08. The van der Waals surface area contributed by atoms with E-state index in [0.717, 1.165) is 13.1 Å². The zero-order chi connectivity index (χ0) is 12.0. The zero-order valence-corrected chi connectivity index (χ0v) is 10.6. The Balaban J connectivity index is 2.49. The summed E-state index contributed by atoms with van der Waals surface area (Å²) in [6, 6.07) is 0.471. The Morgan fingerprint density at radius 2 is 1.88 bits per heavy atom. The van der Waals surface area contributed by atoms with Crippen LogP contribution in [0.1, 0.15) is 32.1 Å². The minimum absolute atomic E-state index is 0.233. The summed E-state index contributed by atoms with van der Waals surface area (Å²) in [6.07, 6.45) is 5.36. The minimum atomic E-state index is 0.233. The van der Waals surface area contributed by atoms with Gasteiger partial charge in [0.05, 0.1) is 0 Å². The lowest BCUT2D eigenvalue weighted by molar-refractivity contribution is -0.133. The van der Waals surface area contributed by atoms with Crippen molar-refractivity contribution in [1.82, 2.24) is 9.80 Å². The summed E-state index contributed by atoms with van der Waals surface area (Å²) in [4.78, 5) is 16.1. The maximum Gasteiger partial charge on any atom is 0.224 e. The first-order valence-corrected chi connectivity index (χ1v) is 6.29. The summed E-state index contributed by atoms with van der Waals surface area (Å²) >= 11 is 0. The van der Waals surface area contributed by atoms with E-state index in [1.54, 1.807) is 0 Å². The molecular weight excluding hydrogens is 202 g/mol. The van der Waals surface area contributed by atoms with Gasteiger partial charge in [-0.05, 0) is 26.9 Å². The second-order valence-corrected chi connectivity index (χ2v) is 4.87. The number of nitrogens with zero attached hydrogens (tertiary/aromatic N) is 2. The second-order valence-electron chi connectivity index (χ2n) is 4.87. The van der Waals surface area contributed by atoms with E-state index in [-0.39, 0.29) is 5.91 Å². The van der Waals surface area contributed by atoms with Crippen molar-refractivity contribution in [3.63, 3.8) is 0 Å². The number of hydrogen-bond acceptors (Lipinski definition) is 3. The smallest absolute Gasteiger partial charge is 0.224 e. The van der Waals surface area contributed by atoms with Crippen LogP contribution >= 0.6 is 0 Å². The van der Waals surface area contributed by atoms with Crippen LogP contribution in [0, 0.1) is 0 Å². The van der Waals surface area contributed by atoms with Crippen molar-refractivity contribution in [2.75, 3.05) is 33.7 Å². The van der Waals surface area contributed by atoms with Crippen LogP contribution in [-0.2, 0) is 4.79 Å². The Hall–Kier alpha value is -0.610. The summed E-state index contributed by atoms with van der Waals surface area (Å²) in [6.45, 7) is 2.24. The Bertz CT molecular complexity index is 212. The molecule has 1 aliphatic rings. The lowest BCUT2D eigenvalue weighted by atomic mass is 10.2. The summed E-state index contributed by atoms with van der Waals surface area (Å²) in [5.41, 5.74) is 5.46. The first kappa shape index (κ1) is 13.5. The van der Waals surface area contributed by atoms with Crippen molar-refractivity contribution < 1.29 is 4.79 Å². The van der Waals surface area contributed by atoms with Crippen LogP contribution in [0.15, 0.2) is 0 Å². The molecule has 0 aromatic rings. The number of amides is 1. The maximum absolute atomic E-state index is 12.0. The van der Waals surface area contributed by atoms with Crippen molar-refractivity contribution >= 4 is 5.91 Å². The standard InChI is InChI=1S/C12H25N3O/c1-14(2)9-10-15(12(16)7-8-13)11-5-3-4-6-11/h11H,3-10,13H2,1-2H3. The molecule has 1 saturated carbocycles. The second kappa shape index (κ2) is 6.86. The van der Waals surface area contributed by atoms with Gasteiger partial charge in [-0.15, -0.1) is 0 Å². The predicted octanol–water partition coefficient (Wildman–Crippen LogP) is 0.668. The molecule has 2 N–H and O–H groups in total. The molecule has 0 aromatic heterocycles. The average molecular weight is 227 g/mol. The summed E-state index contributed by atoms with van der Waals surface area (Å²) < 4.78 is 0. The van der Waals surface area contributed by atoms with Crippen LogP contribution in [0.4, 0.5) is 0 Å². The minimum Gasteiger partial charge on any atom is -0.338 e. The molecule has 1 aliphatic carbocycles. The maximum atomic E-state index is 12.0. The number of carbonyl (C=O) groups is 1. The van der Waals surface area contributed by atoms with Gasteiger partial charge >= 0.3 is 0 Å². The Kier molecular flexibility index (Phi) is 5.77. The van der Waals surface area contributed by atoms with Crippen molar-refractivity contribution in [2.45, 2.75) is 38.1 Å². The van der Waals surface area contributed by atoms with Gasteiger partial charge in [-0.3, -0.25) is 4.79 Å². The molecule has 16 heavy (non-hydrogen) atoms. The molecule has 0 bridgehead atoms. The fourth-order valence-corrected chi connectivity index (χ4v) is 2.30. The van der Waals surface area contributed by atoms with E-state index >= 15 is 0 Å². The van der Waals surface area contributed by atoms with Gasteiger partial charge < -0.3 is 15.5 Å². The van der Waals surface area contributed by atoms with Gasteiger partial charge in [0, 0.05) is 32.1 Å². The summed E-state index contributed by atoms with van der Waals surface area (Å²) in [5.74, 6) is 0.233. The molecule has 0 aliphatic heterocycles. The highest BCUT2D eigenvalue weighted by Gasteiger charge is 2.25. The molecule has 0 atom stereocenters. The average Bonchev–Trinajstić information content (AvgIpc) is 2.71. The van der Waals surface area contributed by atoms with E-state index in [2.05, 4.69) is 9.80 Å². The van der Waals surface area contributed by atoms with Gasteiger partial charge in [-0.2, -0.15) is 0 Å². The van der Waals surface area contributed by atoms with Crippen LogP contribution in [0.25, 0.3) is 0 Å². The van der Waals surface area contributed by atoms with Gasteiger partial charge in [0.1, 0.15) is 0 Å². The third-order valence-electron chi connectivity index (χ3n) is 3.23. The molecule has 0 unspecified atom stereocenters. The Labute approximate surface area is 98.8 Å². The van der Waals surface area contributed by atoms with Crippen molar-refractivity contribution in [3.05, 3.63) is 0 Å². The molecule has 0 radical (unpaired) electrons. The normalized spacial score (nSPS) is 17.0. The number of hydrogen-bond donors (Lipinski definition) is 1. The zero-order valence-electron chi connectivity index (χ0n) is 10.6. The molecule has 94 valence electrons. The Morgan fingerprint density at radius 1 is 1.25 bits per heavy atom. The van der Waals surface area contributed by atoms with Gasteiger partial charge in [-0.25, -0.2) is 0 Å². The van der Waals surface area contributed by atoms with E-state index in [1.807, 2.05) is 14.1 Å². The molecule has 0 aromatic carbocycles. The Morgan fingerprint density at radius 3 is 2.38 bits per heavy atom. The van der Waals surface area contributed by atoms with Crippen LogP contribution < -0.4 is 5.73 Å². The monoisotopic (exact) mass is 227 g/mol. The highest BCUT2D eigenvalue weighted by molar-refractivity contribution is 5.76. The highest BCUT2D eigenvalue weighted by atomic mass is 16.2. The quantitative estimate of drug-likeness (QED) is 0.725. The van der Waals surface area contributed by atoms with E-state index < -0.39 is 0 Å². The molecule has 0 heterocycles. The molecule has 4 heteroatoms. The fraction of sp³-hybridized carbons (Fsp3) is 0.917. The molecule has 4 nitrogen and oxygen atoms in total. The van der Waals surface area contributed by atoms with E-state index in [1.165, 1.54) is 25.7 Å². The van der Waals surface area contributed by atoms with E-state index in [9.17, 15) is 4.79 Å². The number of carbonyl (C=O) groups excluding carboxylic acids is 1. The topological polar surface area (TPSA) is 49.6 Å². The van der Waals surface area contributed by atoms with Gasteiger partial charge in [0.25, 0.3) is 0 Å². The number of nitrogens with two attached hydrogens (primary N) is 1. The largest absolute Gasteiger partial charge is 0.338 e. The van der Waals surface area contributed by atoms with Crippen molar-refractivity contribution in [2.24, 2.45) is 5.73 Å². The van der Waals surface area contributed by atoms with Gasteiger partial charge in [0.2, 0.25) is 5.91 Å². The molecule has 1 fully saturated rings. The summed E-state index contributed by atoms with van der Waals surface area (Å²) in [5, 5.41) is 0. The fourth-order valence-electron chi connectivity index (χ4n) is 2.30. The van der Waals surface area contributed by atoms with Crippen molar-refractivity contribution in [1.29, 1.82) is 0 Å². The SMILES string of the molecule is CN(C)CCN(C(=O)CCN)C1CCCC1. The van der Waals surface area contributed by atoms with Gasteiger partial charge in [0.15, 0.2) is 0 Å². The van der Waals surface area contributed by atoms with E-state index in [4.69, 9.17) is 5.73 Å². The first-order chi connectivity index (χ1) is 7.65. The number of likely N-dealkylation sites (N-methyl/N-ethyl adjacent to an activating group) is 1. The predicted molar refractivity (Wildman–Crippen MR) is 66.2 cm³/mol. The molecule has 1 amide bonds. The molecule has 0 saturated heterocycles. The van der Waals surface area contributed by atoms with Crippen LogP contribution in [0.2, 0.25) is 0 Å². The lowest BCUT2D eigenvalue weighted by Crippen LogP contribution is -2.43. The van der Waals surface area contributed by atoms with Crippen LogP contribution in [0.3, 0.4) is 0 Å². The third-order valence-corrected chi connectivity index (χ3v) is 3.23. The molecule has 1 rings (SSSR count). The van der Waals surface area contributed by atoms with E-state index in [0.29, 0.717) is 19.0 Å². The van der Waals surface area contributed by atoms with Crippen LogP contribution in [0.5, 0.6) is 0 Å². The van der Waals surface area contributed by atoms with Gasteiger partial charge in [-0.1, -0.05) is 12.8 Å². The van der Waals surface area contributed by atoms with Crippen LogP contribution in [-0.4, -0.2) is 55.5 Å². The highest BCUT2D eigenvalue weighted by Crippen LogP contribution is 2.23.